The topological polar surface area (TPSA) is 84.8 Å². The van der Waals surface area contributed by atoms with E-state index < -0.39 is 0 Å². The van der Waals surface area contributed by atoms with Crippen molar-refractivity contribution in [2.24, 2.45) is 0 Å². The molecule has 0 bridgehead atoms. The molecule has 5 rings (SSSR count). The average Bonchev–Trinajstić information content (AvgIpc) is 2.95. The molecule has 1 unspecified atom stereocenters. The maximum absolute atomic E-state index is 13.2. The van der Waals surface area contributed by atoms with E-state index in [1.807, 2.05) is 42.5 Å². The molecule has 4 aromatic rings. The lowest BCUT2D eigenvalue weighted by Crippen LogP contribution is -2.29. The van der Waals surface area contributed by atoms with Crippen LogP contribution in [0.25, 0.3) is 11.3 Å². The summed E-state index contributed by atoms with van der Waals surface area (Å²) < 4.78 is 0. The first kappa shape index (κ1) is 25.2. The van der Waals surface area contributed by atoms with Crippen molar-refractivity contribution in [2.45, 2.75) is 45.1 Å². The SMILES string of the molecule is C=CC(=O)NC1CCCc2cc(C(=O)Cc3ccc(C)c(Cc4nccc(-c5cccnc5)n4)c3)ccc21. The first-order valence-electron chi connectivity index (χ1n) is 12.9. The Labute approximate surface area is 222 Å². The van der Waals surface area contributed by atoms with E-state index in [0.717, 1.165) is 64.2 Å². The van der Waals surface area contributed by atoms with Crippen LogP contribution in [0.2, 0.25) is 0 Å². The fourth-order valence-electron chi connectivity index (χ4n) is 5.01. The van der Waals surface area contributed by atoms with E-state index >= 15 is 0 Å². The number of hydrogen-bond acceptors (Lipinski definition) is 5. The van der Waals surface area contributed by atoms with E-state index in [4.69, 9.17) is 4.98 Å². The fourth-order valence-corrected chi connectivity index (χ4v) is 5.01. The first-order valence-corrected chi connectivity index (χ1v) is 12.9. The third kappa shape index (κ3) is 5.75. The quantitative estimate of drug-likeness (QED) is 0.253. The van der Waals surface area contributed by atoms with Crippen LogP contribution in [-0.4, -0.2) is 26.6 Å². The Morgan fingerprint density at radius 1 is 1.11 bits per heavy atom. The van der Waals surface area contributed by atoms with Gasteiger partial charge in [0.15, 0.2) is 5.78 Å². The normalized spacial score (nSPS) is 14.4. The molecule has 6 heteroatoms. The van der Waals surface area contributed by atoms with Crippen LogP contribution in [0.15, 0.2) is 85.8 Å². The van der Waals surface area contributed by atoms with Gasteiger partial charge >= 0.3 is 0 Å². The van der Waals surface area contributed by atoms with Crippen LogP contribution in [0.1, 0.15) is 62.9 Å². The van der Waals surface area contributed by atoms with Gasteiger partial charge in [0.1, 0.15) is 5.82 Å². The van der Waals surface area contributed by atoms with Crippen molar-refractivity contribution >= 4 is 11.7 Å². The van der Waals surface area contributed by atoms with E-state index in [1.54, 1.807) is 18.6 Å². The zero-order chi connectivity index (χ0) is 26.5. The Kier molecular flexibility index (Phi) is 7.50. The standard InChI is InChI=1S/C32H30N4O2/c1-3-32(38)36-29-8-4-6-23-18-24(11-12-27(23)29)30(37)17-22-10-9-21(2)26(16-22)19-31-34-15-13-28(35-31)25-7-5-14-33-20-25/h3,5,7,9-16,18,20,29H,1,4,6,8,17,19H2,2H3,(H,36,38). The highest BCUT2D eigenvalue weighted by Gasteiger charge is 2.22. The van der Waals surface area contributed by atoms with E-state index in [0.29, 0.717) is 18.4 Å². The Balaban J connectivity index is 1.31. The van der Waals surface area contributed by atoms with Crippen molar-refractivity contribution in [3.63, 3.8) is 0 Å². The minimum atomic E-state index is -0.174. The van der Waals surface area contributed by atoms with Gasteiger partial charge in [0.25, 0.3) is 0 Å². The summed E-state index contributed by atoms with van der Waals surface area (Å²) in [4.78, 5) is 38.5. The lowest BCUT2D eigenvalue weighted by atomic mass is 9.85. The van der Waals surface area contributed by atoms with Crippen molar-refractivity contribution < 1.29 is 9.59 Å². The number of carbonyl (C=O) groups excluding carboxylic acids is 2. The average molecular weight is 503 g/mol. The number of benzene rings is 2. The molecule has 2 aromatic heterocycles. The predicted molar refractivity (Wildman–Crippen MR) is 148 cm³/mol. The summed E-state index contributed by atoms with van der Waals surface area (Å²) >= 11 is 0. The molecule has 0 spiro atoms. The molecule has 0 fully saturated rings. The smallest absolute Gasteiger partial charge is 0.243 e. The van der Waals surface area contributed by atoms with Gasteiger partial charge in [-0.15, -0.1) is 0 Å². The molecule has 1 aliphatic rings. The molecule has 0 saturated heterocycles. The lowest BCUT2D eigenvalue weighted by Gasteiger charge is -2.26. The highest BCUT2D eigenvalue weighted by Crippen LogP contribution is 2.31. The van der Waals surface area contributed by atoms with Gasteiger partial charge in [0, 0.05) is 42.6 Å². The van der Waals surface area contributed by atoms with Gasteiger partial charge < -0.3 is 5.32 Å². The molecule has 1 N–H and O–H groups in total. The van der Waals surface area contributed by atoms with Gasteiger partial charge in [-0.25, -0.2) is 9.97 Å². The number of fused-ring (bicyclic) bond motifs is 1. The third-order valence-electron chi connectivity index (χ3n) is 7.07. The minimum absolute atomic E-state index is 0.0352. The van der Waals surface area contributed by atoms with Gasteiger partial charge in [-0.05, 0) is 84.3 Å². The molecule has 190 valence electrons. The maximum Gasteiger partial charge on any atom is 0.243 e. The first-order chi connectivity index (χ1) is 18.5. The summed E-state index contributed by atoms with van der Waals surface area (Å²) in [5.74, 6) is 0.632. The second kappa shape index (κ2) is 11.3. The van der Waals surface area contributed by atoms with Crippen LogP contribution in [0, 0.1) is 6.92 Å². The number of aromatic nitrogens is 3. The van der Waals surface area contributed by atoms with E-state index in [9.17, 15) is 9.59 Å². The predicted octanol–water partition coefficient (Wildman–Crippen LogP) is 5.54. The second-order valence-corrected chi connectivity index (χ2v) is 9.71. The molecule has 6 nitrogen and oxygen atoms in total. The van der Waals surface area contributed by atoms with Gasteiger partial charge in [-0.1, -0.05) is 36.9 Å². The van der Waals surface area contributed by atoms with Crippen LogP contribution in [-0.2, 0) is 24.1 Å². The summed E-state index contributed by atoms with van der Waals surface area (Å²) in [5.41, 5.74) is 7.92. The van der Waals surface area contributed by atoms with Crippen molar-refractivity contribution in [1.29, 1.82) is 0 Å². The van der Waals surface area contributed by atoms with Crippen molar-refractivity contribution in [3.05, 3.63) is 125 Å². The Bertz CT molecular complexity index is 1500. The zero-order valence-electron chi connectivity index (χ0n) is 21.5. The van der Waals surface area contributed by atoms with Crippen molar-refractivity contribution in [3.8, 4) is 11.3 Å². The minimum Gasteiger partial charge on any atom is -0.346 e. The van der Waals surface area contributed by atoms with Crippen molar-refractivity contribution in [2.75, 3.05) is 0 Å². The third-order valence-corrected chi connectivity index (χ3v) is 7.07. The highest BCUT2D eigenvalue weighted by atomic mass is 16.1. The van der Waals surface area contributed by atoms with Crippen LogP contribution < -0.4 is 5.32 Å². The zero-order valence-corrected chi connectivity index (χ0v) is 21.5. The fraction of sp³-hybridized carbons (Fsp3) is 0.219. The van der Waals surface area contributed by atoms with Crippen LogP contribution in [0.3, 0.4) is 0 Å². The molecule has 38 heavy (non-hydrogen) atoms. The monoisotopic (exact) mass is 502 g/mol. The Hall–Kier alpha value is -4.45. The second-order valence-electron chi connectivity index (χ2n) is 9.71. The number of aryl methyl sites for hydroxylation is 2. The molecular formula is C32H30N4O2. The summed E-state index contributed by atoms with van der Waals surface area (Å²) in [6, 6.07) is 17.8. The van der Waals surface area contributed by atoms with E-state index in [1.165, 1.54) is 6.08 Å². The Morgan fingerprint density at radius 2 is 2.00 bits per heavy atom. The van der Waals surface area contributed by atoms with Gasteiger partial charge in [-0.2, -0.15) is 0 Å². The number of hydrogen-bond donors (Lipinski definition) is 1. The maximum atomic E-state index is 13.2. The lowest BCUT2D eigenvalue weighted by molar-refractivity contribution is -0.117. The number of amides is 1. The van der Waals surface area contributed by atoms with Crippen LogP contribution in [0.5, 0.6) is 0 Å². The van der Waals surface area contributed by atoms with Gasteiger partial charge in [0.2, 0.25) is 5.91 Å². The Morgan fingerprint density at radius 3 is 2.82 bits per heavy atom. The number of nitrogens with zero attached hydrogens (tertiary/aromatic N) is 3. The largest absolute Gasteiger partial charge is 0.346 e. The molecule has 1 amide bonds. The van der Waals surface area contributed by atoms with Gasteiger partial charge in [-0.3, -0.25) is 14.6 Å². The number of rotatable bonds is 8. The molecule has 0 radical (unpaired) electrons. The molecule has 2 aromatic carbocycles. The molecule has 1 aliphatic carbocycles. The molecule has 0 saturated carbocycles. The molecule has 0 aliphatic heterocycles. The summed E-state index contributed by atoms with van der Waals surface area (Å²) in [5, 5.41) is 3.00. The molecule has 2 heterocycles. The number of pyridine rings is 1. The van der Waals surface area contributed by atoms with Gasteiger partial charge in [0.05, 0.1) is 11.7 Å². The highest BCUT2D eigenvalue weighted by molar-refractivity contribution is 5.97. The van der Waals surface area contributed by atoms with E-state index in [2.05, 4.69) is 40.9 Å². The number of Topliss-reactive ketones (excluding diaryl/α,β-unsaturated/α-hetero) is 1. The number of ketones is 1. The van der Waals surface area contributed by atoms with Crippen LogP contribution >= 0.6 is 0 Å². The summed E-state index contributed by atoms with van der Waals surface area (Å²) in [7, 11) is 0. The van der Waals surface area contributed by atoms with E-state index in [-0.39, 0.29) is 17.7 Å². The van der Waals surface area contributed by atoms with Crippen molar-refractivity contribution in [1.82, 2.24) is 20.3 Å². The molecule has 1 atom stereocenters. The summed E-state index contributed by atoms with van der Waals surface area (Å²) in [6.07, 6.45) is 10.3. The number of nitrogens with one attached hydrogen (secondary N) is 1. The summed E-state index contributed by atoms with van der Waals surface area (Å²) in [6.45, 7) is 5.61. The molecular weight excluding hydrogens is 472 g/mol. The van der Waals surface area contributed by atoms with Crippen LogP contribution in [0.4, 0.5) is 0 Å². The number of carbonyl (C=O) groups is 2.